The Balaban J connectivity index is 1.56. The Labute approximate surface area is 169 Å². The van der Waals surface area contributed by atoms with E-state index in [-0.39, 0.29) is 5.78 Å². The van der Waals surface area contributed by atoms with Gasteiger partial charge in [0.2, 0.25) is 0 Å². The van der Waals surface area contributed by atoms with Crippen molar-refractivity contribution < 1.29 is 9.53 Å². The lowest BCUT2D eigenvalue weighted by atomic mass is 10.0. The minimum atomic E-state index is -0.0482. The lowest BCUT2D eigenvalue weighted by molar-refractivity contribution is 0.103. The van der Waals surface area contributed by atoms with Gasteiger partial charge in [-0.1, -0.05) is 60.1 Å². The third-order valence-corrected chi connectivity index (χ3v) is 4.67. The molecule has 4 aromatic carbocycles. The van der Waals surface area contributed by atoms with Crippen molar-refractivity contribution in [3.63, 3.8) is 0 Å². The summed E-state index contributed by atoms with van der Waals surface area (Å²) in [4.78, 5) is 12.6. The minimum absolute atomic E-state index is 0.0482. The topological polar surface area (TPSA) is 26.3 Å². The molecule has 0 radical (unpaired) electrons. The van der Waals surface area contributed by atoms with Crippen LogP contribution in [0.2, 0.25) is 5.02 Å². The van der Waals surface area contributed by atoms with E-state index in [9.17, 15) is 4.79 Å². The number of rotatable bonds is 5. The minimum Gasteiger partial charge on any atom is -0.457 e. The van der Waals surface area contributed by atoms with Gasteiger partial charge >= 0.3 is 0 Å². The van der Waals surface area contributed by atoms with Crippen LogP contribution in [0.4, 0.5) is 0 Å². The summed E-state index contributed by atoms with van der Waals surface area (Å²) >= 11 is 5.89. The summed E-state index contributed by atoms with van der Waals surface area (Å²) in [5.41, 5.74) is 3.32. The molecule has 0 aliphatic rings. The van der Waals surface area contributed by atoms with Crippen molar-refractivity contribution in [1.82, 2.24) is 0 Å². The standard InChI is InChI=1S/C25H17ClO2/c26-21-14-10-19(11-15-21)25(27)20-12-16-22(17-13-20)28-24-9-5-4-8-23(24)18-6-2-1-3-7-18/h1-17H. The molecule has 0 bridgehead atoms. The summed E-state index contributed by atoms with van der Waals surface area (Å²) in [5, 5.41) is 0.609. The highest BCUT2D eigenvalue weighted by Gasteiger charge is 2.10. The molecule has 0 saturated carbocycles. The van der Waals surface area contributed by atoms with Gasteiger partial charge in [0.15, 0.2) is 5.78 Å². The van der Waals surface area contributed by atoms with Gasteiger partial charge in [-0.05, 0) is 60.2 Å². The molecule has 0 heterocycles. The maximum Gasteiger partial charge on any atom is 0.193 e. The Morgan fingerprint density at radius 1 is 0.643 bits per heavy atom. The summed E-state index contributed by atoms with van der Waals surface area (Å²) in [5.74, 6) is 1.40. The molecule has 2 nitrogen and oxygen atoms in total. The second-order valence-electron chi connectivity index (χ2n) is 6.32. The Bertz CT molecular complexity index is 1090. The zero-order valence-corrected chi connectivity index (χ0v) is 15.8. The Hall–Kier alpha value is -3.36. The molecule has 0 spiro atoms. The van der Waals surface area contributed by atoms with Crippen LogP contribution in [0, 0.1) is 0 Å². The summed E-state index contributed by atoms with van der Waals surface area (Å²) in [7, 11) is 0. The van der Waals surface area contributed by atoms with E-state index < -0.39 is 0 Å². The lowest BCUT2D eigenvalue weighted by Gasteiger charge is -2.12. The van der Waals surface area contributed by atoms with Gasteiger partial charge in [-0.25, -0.2) is 0 Å². The van der Waals surface area contributed by atoms with Crippen molar-refractivity contribution in [2.45, 2.75) is 0 Å². The molecule has 4 rings (SSSR count). The molecule has 0 saturated heterocycles. The zero-order valence-electron chi connectivity index (χ0n) is 15.0. The molecule has 0 amide bonds. The van der Waals surface area contributed by atoms with E-state index in [0.717, 1.165) is 16.9 Å². The lowest BCUT2D eigenvalue weighted by Crippen LogP contribution is -2.00. The van der Waals surface area contributed by atoms with Gasteiger partial charge in [0.25, 0.3) is 0 Å². The Morgan fingerprint density at radius 3 is 1.89 bits per heavy atom. The largest absolute Gasteiger partial charge is 0.457 e. The fourth-order valence-electron chi connectivity index (χ4n) is 2.98. The second-order valence-corrected chi connectivity index (χ2v) is 6.76. The molecule has 0 aromatic heterocycles. The van der Waals surface area contributed by atoms with Crippen LogP contribution in [0.15, 0.2) is 103 Å². The molecular formula is C25H17ClO2. The average Bonchev–Trinajstić information content (AvgIpc) is 2.75. The first-order valence-corrected chi connectivity index (χ1v) is 9.31. The number of benzene rings is 4. The van der Waals surface area contributed by atoms with E-state index in [4.69, 9.17) is 16.3 Å². The molecule has 28 heavy (non-hydrogen) atoms. The number of ether oxygens (including phenoxy) is 1. The SMILES string of the molecule is O=C(c1ccc(Cl)cc1)c1ccc(Oc2ccccc2-c2ccccc2)cc1. The quantitative estimate of drug-likeness (QED) is 0.345. The van der Waals surface area contributed by atoms with Crippen LogP contribution in [0.25, 0.3) is 11.1 Å². The zero-order chi connectivity index (χ0) is 19.3. The summed E-state index contributed by atoms with van der Waals surface area (Å²) in [6, 6.07) is 32.1. The first kappa shape index (κ1) is 18.0. The van der Waals surface area contributed by atoms with Gasteiger partial charge in [0.05, 0.1) is 0 Å². The van der Waals surface area contributed by atoms with Gasteiger partial charge in [0, 0.05) is 21.7 Å². The highest BCUT2D eigenvalue weighted by atomic mass is 35.5. The van der Waals surface area contributed by atoms with Crippen LogP contribution in [0.1, 0.15) is 15.9 Å². The second kappa shape index (κ2) is 8.12. The molecule has 0 aliphatic heterocycles. The van der Waals surface area contributed by atoms with E-state index >= 15 is 0 Å². The van der Waals surface area contributed by atoms with Gasteiger partial charge in [0.1, 0.15) is 11.5 Å². The van der Waals surface area contributed by atoms with Crippen molar-refractivity contribution in [3.05, 3.63) is 119 Å². The first-order chi connectivity index (χ1) is 13.7. The molecule has 0 fully saturated rings. The highest BCUT2D eigenvalue weighted by Crippen LogP contribution is 2.33. The van der Waals surface area contributed by atoms with Crippen molar-refractivity contribution >= 4 is 17.4 Å². The van der Waals surface area contributed by atoms with Crippen LogP contribution in [0.3, 0.4) is 0 Å². The first-order valence-electron chi connectivity index (χ1n) is 8.93. The number of carbonyl (C=O) groups excluding carboxylic acids is 1. The monoisotopic (exact) mass is 384 g/mol. The Morgan fingerprint density at radius 2 is 1.21 bits per heavy atom. The predicted octanol–water partition coefficient (Wildman–Crippen LogP) is 7.03. The van der Waals surface area contributed by atoms with Crippen LogP contribution < -0.4 is 4.74 Å². The van der Waals surface area contributed by atoms with E-state index in [1.54, 1.807) is 36.4 Å². The molecule has 0 aliphatic carbocycles. The number of hydrogen-bond donors (Lipinski definition) is 0. The Kier molecular flexibility index (Phi) is 5.22. The van der Waals surface area contributed by atoms with E-state index in [0.29, 0.717) is 21.9 Å². The average molecular weight is 385 g/mol. The molecule has 3 heteroatoms. The maximum absolute atomic E-state index is 12.6. The van der Waals surface area contributed by atoms with Crippen LogP contribution in [-0.2, 0) is 0 Å². The van der Waals surface area contributed by atoms with Gasteiger partial charge in [-0.2, -0.15) is 0 Å². The van der Waals surface area contributed by atoms with Gasteiger partial charge < -0.3 is 4.74 Å². The molecule has 4 aromatic rings. The molecule has 136 valence electrons. The normalized spacial score (nSPS) is 10.5. The molecular weight excluding hydrogens is 368 g/mol. The third kappa shape index (κ3) is 3.98. The smallest absolute Gasteiger partial charge is 0.193 e. The fourth-order valence-corrected chi connectivity index (χ4v) is 3.11. The number of ketones is 1. The van der Waals surface area contributed by atoms with E-state index in [1.165, 1.54) is 0 Å². The maximum atomic E-state index is 12.6. The summed E-state index contributed by atoms with van der Waals surface area (Å²) in [6.45, 7) is 0. The highest BCUT2D eigenvalue weighted by molar-refractivity contribution is 6.30. The van der Waals surface area contributed by atoms with Gasteiger partial charge in [-0.3, -0.25) is 4.79 Å². The van der Waals surface area contributed by atoms with E-state index in [2.05, 4.69) is 12.1 Å². The summed E-state index contributed by atoms with van der Waals surface area (Å²) < 4.78 is 6.09. The van der Waals surface area contributed by atoms with Crippen LogP contribution in [-0.4, -0.2) is 5.78 Å². The third-order valence-electron chi connectivity index (χ3n) is 4.42. The number of hydrogen-bond acceptors (Lipinski definition) is 2. The fraction of sp³-hybridized carbons (Fsp3) is 0. The van der Waals surface area contributed by atoms with E-state index in [1.807, 2.05) is 54.6 Å². The van der Waals surface area contributed by atoms with Crippen LogP contribution in [0.5, 0.6) is 11.5 Å². The van der Waals surface area contributed by atoms with Crippen molar-refractivity contribution in [2.24, 2.45) is 0 Å². The number of para-hydroxylation sites is 1. The number of halogens is 1. The molecule has 0 N–H and O–H groups in total. The van der Waals surface area contributed by atoms with Crippen molar-refractivity contribution in [2.75, 3.05) is 0 Å². The summed E-state index contributed by atoms with van der Waals surface area (Å²) in [6.07, 6.45) is 0. The van der Waals surface area contributed by atoms with Crippen molar-refractivity contribution in [3.8, 4) is 22.6 Å². The number of carbonyl (C=O) groups is 1. The molecule has 0 unspecified atom stereocenters. The molecule has 0 atom stereocenters. The predicted molar refractivity (Wildman–Crippen MR) is 113 cm³/mol. The van der Waals surface area contributed by atoms with Gasteiger partial charge in [-0.15, -0.1) is 0 Å². The van der Waals surface area contributed by atoms with Crippen molar-refractivity contribution in [1.29, 1.82) is 0 Å². The van der Waals surface area contributed by atoms with Crippen LogP contribution >= 0.6 is 11.6 Å².